The maximum Gasteiger partial charge on any atom is 0.339 e. The van der Waals surface area contributed by atoms with E-state index in [-0.39, 0.29) is 23.0 Å². The minimum absolute atomic E-state index is 0.229. The van der Waals surface area contributed by atoms with Crippen molar-refractivity contribution in [2.45, 2.75) is 27.7 Å². The van der Waals surface area contributed by atoms with Gasteiger partial charge in [-0.25, -0.2) is 9.59 Å². The second-order valence-corrected chi connectivity index (χ2v) is 6.61. The first-order valence-corrected chi connectivity index (χ1v) is 7.88. The monoisotopic (exact) mass is 321 g/mol. The fourth-order valence-corrected chi connectivity index (χ4v) is 1.80. The Morgan fingerprint density at radius 2 is 1.39 bits per heavy atom. The second kappa shape index (κ2) is 8.56. The molecule has 0 fully saturated rings. The number of hydrogen-bond donors (Lipinski definition) is 0. The Balaban J connectivity index is 3.08. The van der Waals surface area contributed by atoms with E-state index in [0.29, 0.717) is 13.2 Å². The Kier molecular flexibility index (Phi) is 7.07. The smallest absolute Gasteiger partial charge is 0.339 e. The summed E-state index contributed by atoms with van der Waals surface area (Å²) in [7, 11) is 3.74. The van der Waals surface area contributed by atoms with Crippen molar-refractivity contribution in [3.05, 3.63) is 29.3 Å². The van der Waals surface area contributed by atoms with E-state index in [9.17, 15) is 9.59 Å². The molecule has 0 spiro atoms. The van der Waals surface area contributed by atoms with E-state index in [1.54, 1.807) is 18.2 Å². The van der Waals surface area contributed by atoms with Crippen molar-refractivity contribution in [1.29, 1.82) is 0 Å². The number of hydrogen-bond acceptors (Lipinski definition) is 5. The maximum atomic E-state index is 12.3. The molecule has 0 aliphatic heterocycles. The van der Waals surface area contributed by atoms with Gasteiger partial charge in [0, 0.05) is 19.8 Å². The van der Waals surface area contributed by atoms with Gasteiger partial charge in [-0.2, -0.15) is 0 Å². The highest BCUT2D eigenvalue weighted by molar-refractivity contribution is 6.04. The Labute approximate surface area is 138 Å². The predicted molar refractivity (Wildman–Crippen MR) is 91.0 cm³/mol. The van der Waals surface area contributed by atoms with Gasteiger partial charge in [0.25, 0.3) is 0 Å². The number of benzene rings is 1. The van der Waals surface area contributed by atoms with Gasteiger partial charge in [-0.15, -0.1) is 0 Å². The fraction of sp³-hybridized carbons (Fsp3) is 0.556. The molecule has 5 heteroatoms. The third-order valence-corrected chi connectivity index (χ3v) is 3.05. The van der Waals surface area contributed by atoms with Gasteiger partial charge in [-0.3, -0.25) is 0 Å². The molecule has 0 aliphatic rings. The number of anilines is 1. The van der Waals surface area contributed by atoms with E-state index < -0.39 is 11.9 Å². The average molecular weight is 321 g/mol. The number of esters is 2. The maximum absolute atomic E-state index is 12.3. The van der Waals surface area contributed by atoms with Gasteiger partial charge >= 0.3 is 11.9 Å². The Morgan fingerprint density at radius 1 is 0.913 bits per heavy atom. The molecule has 0 aromatic heterocycles. The van der Waals surface area contributed by atoms with Crippen LogP contribution in [0.2, 0.25) is 0 Å². The summed E-state index contributed by atoms with van der Waals surface area (Å²) in [6, 6.07) is 5.06. The van der Waals surface area contributed by atoms with Crippen LogP contribution >= 0.6 is 0 Å². The lowest BCUT2D eigenvalue weighted by Crippen LogP contribution is -2.18. The normalized spacial score (nSPS) is 10.8. The lowest BCUT2D eigenvalue weighted by molar-refractivity contribution is 0.0412. The van der Waals surface area contributed by atoms with Gasteiger partial charge in [0.2, 0.25) is 0 Å². The molecule has 1 aromatic carbocycles. The van der Waals surface area contributed by atoms with Crippen molar-refractivity contribution in [3.63, 3.8) is 0 Å². The summed E-state index contributed by atoms with van der Waals surface area (Å²) in [5.74, 6) is -0.539. The fourth-order valence-electron chi connectivity index (χ4n) is 1.80. The van der Waals surface area contributed by atoms with Crippen LogP contribution in [0.15, 0.2) is 18.2 Å². The molecular weight excluding hydrogens is 294 g/mol. The van der Waals surface area contributed by atoms with Crippen molar-refractivity contribution in [3.8, 4) is 0 Å². The van der Waals surface area contributed by atoms with Crippen molar-refractivity contribution in [1.82, 2.24) is 0 Å². The van der Waals surface area contributed by atoms with Gasteiger partial charge in [-0.05, 0) is 30.0 Å². The highest BCUT2D eigenvalue weighted by Gasteiger charge is 2.21. The number of ether oxygens (including phenoxy) is 2. The lowest BCUT2D eigenvalue weighted by atomic mass is 10.1. The van der Waals surface area contributed by atoms with E-state index in [1.165, 1.54) is 0 Å². The first kappa shape index (κ1) is 19.0. The second-order valence-electron chi connectivity index (χ2n) is 6.61. The van der Waals surface area contributed by atoms with Crippen LogP contribution in [0.5, 0.6) is 0 Å². The van der Waals surface area contributed by atoms with E-state index in [1.807, 2.05) is 46.7 Å². The highest BCUT2D eigenvalue weighted by atomic mass is 16.5. The number of rotatable bonds is 7. The minimum Gasteiger partial charge on any atom is -0.462 e. The van der Waals surface area contributed by atoms with Crippen molar-refractivity contribution in [2.24, 2.45) is 11.8 Å². The molecule has 0 N–H and O–H groups in total. The summed E-state index contributed by atoms with van der Waals surface area (Å²) >= 11 is 0. The van der Waals surface area contributed by atoms with Crippen LogP contribution in [0.1, 0.15) is 48.4 Å². The van der Waals surface area contributed by atoms with Crippen molar-refractivity contribution >= 4 is 17.6 Å². The minimum atomic E-state index is -0.501. The Hall–Kier alpha value is -2.04. The van der Waals surface area contributed by atoms with Crippen LogP contribution < -0.4 is 4.90 Å². The summed E-state index contributed by atoms with van der Waals surface area (Å²) in [5, 5.41) is 0. The largest absolute Gasteiger partial charge is 0.462 e. The first-order valence-electron chi connectivity index (χ1n) is 7.88. The predicted octanol–water partition coefficient (Wildman–Crippen LogP) is 3.38. The Morgan fingerprint density at radius 3 is 1.83 bits per heavy atom. The van der Waals surface area contributed by atoms with Gasteiger partial charge in [0.1, 0.15) is 0 Å². The van der Waals surface area contributed by atoms with Crippen molar-refractivity contribution < 1.29 is 19.1 Å². The van der Waals surface area contributed by atoms with Crippen LogP contribution in [-0.2, 0) is 9.47 Å². The molecule has 0 saturated heterocycles. The average Bonchev–Trinajstić information content (AvgIpc) is 2.49. The quantitative estimate of drug-likeness (QED) is 0.721. The molecular formula is C18H27NO4. The molecule has 0 atom stereocenters. The molecule has 0 heterocycles. The van der Waals surface area contributed by atoms with Crippen LogP contribution in [0, 0.1) is 11.8 Å². The van der Waals surface area contributed by atoms with Crippen LogP contribution in [0.25, 0.3) is 0 Å². The molecule has 128 valence electrons. The molecule has 0 bridgehead atoms. The highest BCUT2D eigenvalue weighted by Crippen LogP contribution is 2.20. The molecule has 23 heavy (non-hydrogen) atoms. The zero-order chi connectivity index (χ0) is 17.6. The molecule has 1 rings (SSSR count). The van der Waals surface area contributed by atoms with E-state index >= 15 is 0 Å². The lowest BCUT2D eigenvalue weighted by Gasteiger charge is -2.16. The molecule has 5 nitrogen and oxygen atoms in total. The SMILES string of the molecule is CC(C)COC(=O)c1ccc(N(C)C)cc1C(=O)OCC(C)C. The zero-order valence-corrected chi connectivity index (χ0v) is 14.9. The van der Waals surface area contributed by atoms with Crippen LogP contribution in [-0.4, -0.2) is 39.2 Å². The summed E-state index contributed by atoms with van der Waals surface area (Å²) in [4.78, 5) is 26.5. The molecule has 0 radical (unpaired) electrons. The van der Waals surface area contributed by atoms with Crippen LogP contribution in [0.4, 0.5) is 5.69 Å². The van der Waals surface area contributed by atoms with Gasteiger partial charge in [0.05, 0.1) is 24.3 Å². The van der Waals surface area contributed by atoms with Gasteiger partial charge in [0.15, 0.2) is 0 Å². The van der Waals surface area contributed by atoms with E-state index in [4.69, 9.17) is 9.47 Å². The summed E-state index contributed by atoms with van der Waals surface area (Å²) < 4.78 is 10.5. The molecule has 0 amide bonds. The number of carbonyl (C=O) groups is 2. The first-order chi connectivity index (χ1) is 10.7. The summed E-state index contributed by atoms with van der Waals surface area (Å²) in [6.07, 6.45) is 0. The number of carbonyl (C=O) groups excluding carboxylic acids is 2. The van der Waals surface area contributed by atoms with Crippen LogP contribution in [0.3, 0.4) is 0 Å². The van der Waals surface area contributed by atoms with E-state index in [2.05, 4.69) is 0 Å². The number of nitrogens with zero attached hydrogens (tertiary/aromatic N) is 1. The van der Waals surface area contributed by atoms with Gasteiger partial charge < -0.3 is 14.4 Å². The third kappa shape index (κ3) is 5.93. The third-order valence-electron chi connectivity index (χ3n) is 3.05. The van der Waals surface area contributed by atoms with E-state index in [0.717, 1.165) is 5.69 Å². The standard InChI is InChI=1S/C18H27NO4/c1-12(2)10-22-17(20)15-8-7-14(19(5)6)9-16(15)18(21)23-11-13(3)4/h7-9,12-13H,10-11H2,1-6H3. The summed E-state index contributed by atoms with van der Waals surface area (Å²) in [6.45, 7) is 8.46. The molecule has 0 unspecified atom stereocenters. The summed E-state index contributed by atoms with van der Waals surface area (Å²) in [5.41, 5.74) is 1.30. The van der Waals surface area contributed by atoms with Gasteiger partial charge in [-0.1, -0.05) is 27.7 Å². The topological polar surface area (TPSA) is 55.8 Å². The molecule has 0 aliphatic carbocycles. The zero-order valence-electron chi connectivity index (χ0n) is 14.9. The molecule has 1 aromatic rings. The molecule has 0 saturated carbocycles. The Bertz CT molecular complexity index is 550. The van der Waals surface area contributed by atoms with Crippen molar-refractivity contribution in [2.75, 3.05) is 32.2 Å².